The van der Waals surface area contributed by atoms with Crippen LogP contribution in [-0.2, 0) is 23.2 Å². The summed E-state index contributed by atoms with van der Waals surface area (Å²) in [5.74, 6) is -1.56. The fourth-order valence-corrected chi connectivity index (χ4v) is 7.12. The van der Waals surface area contributed by atoms with Gasteiger partial charge in [0.25, 0.3) is 0 Å². The van der Waals surface area contributed by atoms with Crippen LogP contribution in [0.4, 0.5) is 25.0 Å². The van der Waals surface area contributed by atoms with E-state index in [-0.39, 0.29) is 49.8 Å². The van der Waals surface area contributed by atoms with Gasteiger partial charge in [0.2, 0.25) is 11.8 Å². The summed E-state index contributed by atoms with van der Waals surface area (Å²) in [5.41, 5.74) is 5.11. The third kappa shape index (κ3) is 9.57. The molecule has 0 radical (unpaired) electrons. The Balaban J connectivity index is 1.22. The van der Waals surface area contributed by atoms with Gasteiger partial charge in [-0.25, -0.2) is 13.6 Å². The van der Waals surface area contributed by atoms with Crippen LogP contribution in [0.25, 0.3) is 10.9 Å². The summed E-state index contributed by atoms with van der Waals surface area (Å²) >= 11 is 0. The lowest BCUT2D eigenvalue weighted by Gasteiger charge is -2.25. The number of anilines is 2. The van der Waals surface area contributed by atoms with Gasteiger partial charge in [-0.1, -0.05) is 0 Å². The molecule has 4 aromatic rings. The fourth-order valence-electron chi connectivity index (χ4n) is 5.40. The van der Waals surface area contributed by atoms with E-state index >= 15 is 4.39 Å². The first-order valence-corrected chi connectivity index (χ1v) is 18.5. The molecular weight excluding hydrogens is 715 g/mol. The number of nitrogens with two attached hydrogens (primary N) is 1. The van der Waals surface area contributed by atoms with E-state index in [1.807, 2.05) is 0 Å². The number of primary amides is 1. The van der Waals surface area contributed by atoms with Gasteiger partial charge in [0, 0.05) is 41.6 Å². The molecule has 1 heterocycles. The van der Waals surface area contributed by atoms with E-state index in [0.717, 1.165) is 6.07 Å². The number of pyridine rings is 1. The van der Waals surface area contributed by atoms with Gasteiger partial charge in [-0.3, -0.25) is 19.1 Å². The number of nitrogens with zero attached hydrogens (tertiary/aromatic N) is 2. The van der Waals surface area contributed by atoms with E-state index < -0.39 is 42.5 Å². The maximum Gasteiger partial charge on any atom is 0.349 e. The van der Waals surface area contributed by atoms with Crippen molar-refractivity contribution < 1.29 is 51.0 Å². The highest BCUT2D eigenvalue weighted by molar-refractivity contribution is 7.53. The predicted molar refractivity (Wildman–Crippen MR) is 192 cm³/mol. The molecule has 0 bridgehead atoms. The highest BCUT2D eigenvalue weighted by Crippen LogP contribution is 2.49. The SMILES string of the molecule is CCOP(=O)(CN(CCCOc1cc2nccc(Oc3ccc(NC(=O)C4(C(=O)Nc5ccc(F)cc5)CC4)cc3F)c2cc1OC)C(N)=O)OCC. The van der Waals surface area contributed by atoms with Crippen molar-refractivity contribution in [3.63, 3.8) is 0 Å². The molecule has 14 nitrogen and oxygen atoms in total. The zero-order chi connectivity index (χ0) is 38.2. The summed E-state index contributed by atoms with van der Waals surface area (Å²) in [5, 5.41) is 5.73. The van der Waals surface area contributed by atoms with E-state index in [0.29, 0.717) is 47.4 Å². The van der Waals surface area contributed by atoms with Crippen molar-refractivity contribution in [1.29, 1.82) is 0 Å². The van der Waals surface area contributed by atoms with Crippen molar-refractivity contribution in [3.05, 3.63) is 78.5 Å². The van der Waals surface area contributed by atoms with E-state index in [2.05, 4.69) is 15.6 Å². The third-order valence-corrected chi connectivity index (χ3v) is 10.2. The molecule has 17 heteroatoms. The quantitative estimate of drug-likeness (QED) is 0.0541. The predicted octanol–water partition coefficient (Wildman–Crippen LogP) is 7.04. The standard InChI is InChI=1S/C36H40F2N5O9P/c1-4-50-53(47,51-5-2)22-43(35(39)46)17-6-18-49-32-21-28-26(20-31(32)48-3)29(13-16-40-28)52-30-12-11-25(19-27(30)38)42-34(45)36(14-15-36)33(44)41-24-9-7-23(37)8-10-24/h7-13,16,19-21H,4-6,14-15,17-18,22H2,1-3H3,(H2,39,46)(H,41,44)(H,42,45). The van der Waals surface area contributed by atoms with Crippen LogP contribution in [0.5, 0.6) is 23.0 Å². The monoisotopic (exact) mass is 755 g/mol. The molecular formula is C36H40F2N5O9P. The summed E-state index contributed by atoms with van der Waals surface area (Å²) < 4.78 is 69.4. The second kappa shape index (κ2) is 17.0. The molecule has 1 saturated carbocycles. The van der Waals surface area contributed by atoms with Crippen molar-refractivity contribution >= 4 is 47.7 Å². The Morgan fingerprint density at radius 2 is 1.55 bits per heavy atom. The van der Waals surface area contributed by atoms with E-state index in [1.165, 1.54) is 54.6 Å². The number of ether oxygens (including phenoxy) is 3. The normalized spacial score (nSPS) is 13.2. The number of carbonyl (C=O) groups excluding carboxylic acids is 3. The Hall–Kier alpha value is -5.31. The number of hydrogen-bond acceptors (Lipinski definition) is 10. The molecule has 1 fully saturated rings. The minimum atomic E-state index is -3.55. The van der Waals surface area contributed by atoms with Gasteiger partial charge in [0.1, 0.15) is 23.3 Å². The number of aromatic nitrogens is 1. The molecule has 4 amide bonds. The average Bonchev–Trinajstić information content (AvgIpc) is 3.94. The van der Waals surface area contributed by atoms with Crippen LogP contribution in [0.1, 0.15) is 33.1 Å². The summed E-state index contributed by atoms with van der Waals surface area (Å²) in [6.07, 6.45) is 2.12. The molecule has 53 heavy (non-hydrogen) atoms. The largest absolute Gasteiger partial charge is 0.493 e. The number of fused-ring (bicyclic) bond motifs is 1. The number of halogens is 2. The number of urea groups is 1. The lowest BCUT2D eigenvalue weighted by atomic mass is 10.0. The lowest BCUT2D eigenvalue weighted by Crippen LogP contribution is -2.38. The molecule has 1 aromatic heterocycles. The second-order valence-electron chi connectivity index (χ2n) is 12.0. The van der Waals surface area contributed by atoms with Crippen molar-refractivity contribution in [2.24, 2.45) is 11.1 Å². The highest BCUT2D eigenvalue weighted by atomic mass is 31.2. The average molecular weight is 756 g/mol. The van der Waals surface area contributed by atoms with Crippen molar-refractivity contribution in [2.45, 2.75) is 33.1 Å². The van der Waals surface area contributed by atoms with Gasteiger partial charge in [-0.15, -0.1) is 0 Å². The Labute approximate surface area is 304 Å². The molecule has 1 aliphatic rings. The van der Waals surface area contributed by atoms with Crippen LogP contribution < -0.4 is 30.6 Å². The Morgan fingerprint density at radius 1 is 0.887 bits per heavy atom. The minimum absolute atomic E-state index is 0.118. The number of benzene rings is 3. The van der Waals surface area contributed by atoms with E-state index in [4.69, 9.17) is 29.0 Å². The first kappa shape index (κ1) is 38.9. The van der Waals surface area contributed by atoms with Gasteiger partial charge in [0.15, 0.2) is 23.1 Å². The summed E-state index contributed by atoms with van der Waals surface area (Å²) in [6.45, 7) is 3.87. The molecule has 0 atom stereocenters. The molecule has 5 rings (SSSR count). The van der Waals surface area contributed by atoms with Crippen LogP contribution in [0, 0.1) is 17.0 Å². The lowest BCUT2D eigenvalue weighted by molar-refractivity contribution is -0.131. The van der Waals surface area contributed by atoms with Gasteiger partial charge in [0.05, 0.1) is 32.4 Å². The molecule has 3 aromatic carbocycles. The fraction of sp³-hybridized carbons (Fsp3) is 0.333. The minimum Gasteiger partial charge on any atom is -0.493 e. The topological polar surface area (TPSA) is 181 Å². The number of rotatable bonds is 18. The molecule has 0 unspecified atom stereocenters. The van der Waals surface area contributed by atoms with Crippen LogP contribution in [0.15, 0.2) is 66.9 Å². The molecule has 282 valence electrons. The smallest absolute Gasteiger partial charge is 0.349 e. The van der Waals surface area contributed by atoms with Crippen molar-refractivity contribution in [3.8, 4) is 23.0 Å². The molecule has 0 saturated heterocycles. The van der Waals surface area contributed by atoms with E-state index in [1.54, 1.807) is 32.0 Å². The maximum absolute atomic E-state index is 15.3. The number of methoxy groups -OCH3 is 1. The number of hydrogen-bond donors (Lipinski definition) is 3. The number of nitrogens with one attached hydrogen (secondary N) is 2. The Kier molecular flexibility index (Phi) is 12.5. The molecule has 0 aliphatic heterocycles. The first-order chi connectivity index (χ1) is 25.4. The molecule has 4 N–H and O–H groups in total. The molecule has 1 aliphatic carbocycles. The van der Waals surface area contributed by atoms with Crippen LogP contribution in [0.3, 0.4) is 0 Å². The Bertz CT molecular complexity index is 2000. The zero-order valence-corrected chi connectivity index (χ0v) is 30.3. The number of carbonyl (C=O) groups is 3. The van der Waals surface area contributed by atoms with Gasteiger partial charge in [-0.2, -0.15) is 0 Å². The third-order valence-electron chi connectivity index (χ3n) is 8.26. The second-order valence-corrected chi connectivity index (χ2v) is 14.0. The Morgan fingerprint density at radius 3 is 2.15 bits per heavy atom. The first-order valence-electron chi connectivity index (χ1n) is 16.8. The van der Waals surface area contributed by atoms with Crippen molar-refractivity contribution in [2.75, 3.05) is 50.4 Å². The zero-order valence-electron chi connectivity index (χ0n) is 29.4. The van der Waals surface area contributed by atoms with Crippen LogP contribution in [0.2, 0.25) is 0 Å². The van der Waals surface area contributed by atoms with Gasteiger partial charge >= 0.3 is 13.6 Å². The maximum atomic E-state index is 15.3. The van der Waals surface area contributed by atoms with Gasteiger partial charge < -0.3 is 44.5 Å². The summed E-state index contributed by atoms with van der Waals surface area (Å²) in [6, 6.07) is 13.1. The molecule has 0 spiro atoms. The van der Waals surface area contributed by atoms with Crippen molar-refractivity contribution in [1.82, 2.24) is 9.88 Å². The van der Waals surface area contributed by atoms with Crippen LogP contribution in [-0.4, -0.2) is 67.5 Å². The van der Waals surface area contributed by atoms with E-state index in [9.17, 15) is 23.3 Å². The summed E-state index contributed by atoms with van der Waals surface area (Å²) in [4.78, 5) is 43.6. The number of amides is 4. The summed E-state index contributed by atoms with van der Waals surface area (Å²) in [7, 11) is -2.11. The van der Waals surface area contributed by atoms with Crippen LogP contribution >= 0.6 is 7.60 Å². The highest BCUT2D eigenvalue weighted by Gasteiger charge is 2.56. The van der Waals surface area contributed by atoms with Gasteiger partial charge in [-0.05, 0) is 81.6 Å².